The third-order valence-electron chi connectivity index (χ3n) is 4.04. The van der Waals surface area contributed by atoms with Gasteiger partial charge in [0, 0.05) is 24.2 Å². The molecule has 1 aromatic carbocycles. The maximum Gasteiger partial charge on any atom is 0.328 e. The third-order valence-corrected chi connectivity index (χ3v) is 4.04. The van der Waals surface area contributed by atoms with E-state index in [4.69, 9.17) is 0 Å². The van der Waals surface area contributed by atoms with Crippen molar-refractivity contribution >= 4 is 16.8 Å². The fourth-order valence-electron chi connectivity index (χ4n) is 2.71. The normalized spacial score (nSPS) is 11.0. The number of H-pyrrole nitrogens is 1. The molecule has 0 radical (unpaired) electrons. The fraction of sp³-hybridized carbons (Fsp3) is 0.294. The summed E-state index contributed by atoms with van der Waals surface area (Å²) in [6.45, 7) is 3.67. The lowest BCUT2D eigenvalue weighted by Gasteiger charge is -2.07. The number of carbonyl (C=O) groups is 1. The molecule has 0 saturated heterocycles. The van der Waals surface area contributed by atoms with E-state index in [2.05, 4.69) is 15.4 Å². The molecular formula is C17H19N5O3. The molecule has 2 N–H and O–H groups in total. The second kappa shape index (κ2) is 6.39. The van der Waals surface area contributed by atoms with Gasteiger partial charge in [-0.3, -0.25) is 23.8 Å². The number of nitrogens with one attached hydrogen (secondary N) is 2. The molecule has 0 aliphatic rings. The minimum absolute atomic E-state index is 0.166. The summed E-state index contributed by atoms with van der Waals surface area (Å²) in [7, 11) is 1.85. The van der Waals surface area contributed by atoms with Gasteiger partial charge in [0.05, 0.1) is 17.8 Å². The molecule has 0 atom stereocenters. The topological polar surface area (TPSA) is 102 Å². The predicted octanol–water partition coefficient (Wildman–Crippen LogP) is 0.357. The van der Waals surface area contributed by atoms with Gasteiger partial charge in [-0.1, -0.05) is 11.6 Å². The summed E-state index contributed by atoms with van der Waals surface area (Å²) < 4.78 is 2.94. The number of benzene rings is 1. The quantitative estimate of drug-likeness (QED) is 0.715. The van der Waals surface area contributed by atoms with Crippen LogP contribution in [0.1, 0.15) is 16.8 Å². The van der Waals surface area contributed by atoms with Gasteiger partial charge in [0.15, 0.2) is 0 Å². The van der Waals surface area contributed by atoms with E-state index in [1.807, 2.05) is 32.2 Å². The summed E-state index contributed by atoms with van der Waals surface area (Å²) in [6.07, 6.45) is 1.38. The highest BCUT2D eigenvalue weighted by Crippen LogP contribution is 2.19. The lowest BCUT2D eigenvalue weighted by atomic mass is 10.1. The van der Waals surface area contributed by atoms with Crippen LogP contribution in [0.2, 0.25) is 0 Å². The number of aromatic amines is 1. The molecule has 0 bridgehead atoms. The predicted molar refractivity (Wildman–Crippen MR) is 93.4 cm³/mol. The second-order valence-corrected chi connectivity index (χ2v) is 6.07. The number of fused-ring (bicyclic) bond motifs is 1. The van der Waals surface area contributed by atoms with Crippen LogP contribution in [0.5, 0.6) is 0 Å². The molecule has 0 saturated carbocycles. The molecule has 0 fully saturated rings. The first kappa shape index (κ1) is 16.7. The Balaban J connectivity index is 1.75. The Kier molecular flexibility index (Phi) is 4.26. The fourth-order valence-corrected chi connectivity index (χ4v) is 2.71. The zero-order valence-corrected chi connectivity index (χ0v) is 14.3. The van der Waals surface area contributed by atoms with Crippen molar-refractivity contribution in [2.75, 3.05) is 0 Å². The minimum atomic E-state index is -0.607. The number of aromatic nitrogens is 4. The van der Waals surface area contributed by atoms with Crippen molar-refractivity contribution in [3.05, 3.63) is 62.1 Å². The molecule has 3 aromatic rings. The van der Waals surface area contributed by atoms with Gasteiger partial charge in [-0.05, 0) is 26.0 Å². The van der Waals surface area contributed by atoms with Crippen molar-refractivity contribution < 1.29 is 4.79 Å². The first-order valence-electron chi connectivity index (χ1n) is 7.84. The summed E-state index contributed by atoms with van der Waals surface area (Å²) in [5, 5.41) is 8.19. The molecule has 25 heavy (non-hydrogen) atoms. The van der Waals surface area contributed by atoms with Crippen LogP contribution in [0.4, 0.5) is 0 Å². The summed E-state index contributed by atoms with van der Waals surface area (Å²) in [4.78, 5) is 37.4. The summed E-state index contributed by atoms with van der Waals surface area (Å²) in [5.41, 5.74) is 2.19. The molecule has 0 spiro atoms. The summed E-state index contributed by atoms with van der Waals surface area (Å²) in [5.74, 6) is -0.333. The molecule has 2 aromatic heterocycles. The molecule has 0 aliphatic carbocycles. The van der Waals surface area contributed by atoms with E-state index in [0.717, 1.165) is 22.2 Å². The molecule has 8 heteroatoms. The first-order valence-corrected chi connectivity index (χ1v) is 7.84. The van der Waals surface area contributed by atoms with Crippen molar-refractivity contribution in [2.24, 2.45) is 7.05 Å². The Hall–Kier alpha value is -3.16. The Labute approximate surface area is 143 Å². The van der Waals surface area contributed by atoms with Crippen molar-refractivity contribution in [1.29, 1.82) is 0 Å². The number of carbonyl (C=O) groups excluding carboxylic acids is 1. The molecule has 8 nitrogen and oxygen atoms in total. The first-order chi connectivity index (χ1) is 11.8. The average Bonchev–Trinajstić information content (AvgIpc) is 2.86. The Bertz CT molecular complexity index is 1070. The highest BCUT2D eigenvalue weighted by atomic mass is 16.2. The number of rotatable bonds is 4. The smallest absolute Gasteiger partial charge is 0.328 e. The second-order valence-electron chi connectivity index (χ2n) is 6.07. The largest absolute Gasteiger partial charge is 0.349 e. The van der Waals surface area contributed by atoms with Crippen molar-refractivity contribution in [2.45, 2.75) is 26.9 Å². The van der Waals surface area contributed by atoms with Gasteiger partial charge < -0.3 is 5.32 Å². The van der Waals surface area contributed by atoms with E-state index in [1.54, 1.807) is 11.6 Å². The van der Waals surface area contributed by atoms with Crippen LogP contribution in [0.15, 0.2) is 34.0 Å². The highest BCUT2D eigenvalue weighted by molar-refractivity contribution is 5.83. The Morgan fingerprint density at radius 3 is 2.80 bits per heavy atom. The van der Waals surface area contributed by atoms with Crippen LogP contribution in [-0.2, 0) is 24.9 Å². The van der Waals surface area contributed by atoms with Crippen LogP contribution in [0.25, 0.3) is 10.9 Å². The Morgan fingerprint density at radius 1 is 1.28 bits per heavy atom. The van der Waals surface area contributed by atoms with E-state index < -0.39 is 11.2 Å². The highest BCUT2D eigenvalue weighted by Gasteiger charge is 2.11. The van der Waals surface area contributed by atoms with Gasteiger partial charge in [-0.25, -0.2) is 4.79 Å². The van der Waals surface area contributed by atoms with Gasteiger partial charge in [0.2, 0.25) is 5.91 Å². The van der Waals surface area contributed by atoms with Gasteiger partial charge in [0.25, 0.3) is 5.56 Å². The molecule has 2 heterocycles. The maximum atomic E-state index is 12.1. The van der Waals surface area contributed by atoms with Crippen LogP contribution >= 0.6 is 0 Å². The van der Waals surface area contributed by atoms with Gasteiger partial charge in [-0.2, -0.15) is 5.10 Å². The van der Waals surface area contributed by atoms with Crippen LogP contribution in [-0.4, -0.2) is 25.2 Å². The molecule has 0 unspecified atom stereocenters. The maximum absolute atomic E-state index is 12.1. The molecule has 3 rings (SSSR count). The van der Waals surface area contributed by atoms with Crippen LogP contribution in [0, 0.1) is 13.8 Å². The average molecular weight is 341 g/mol. The minimum Gasteiger partial charge on any atom is -0.349 e. The SMILES string of the molecule is Cc1ccc2c(c1)c(CNC(=O)Cn1cc(C)c(=O)[nH]c1=O)nn2C. The van der Waals surface area contributed by atoms with E-state index in [0.29, 0.717) is 5.56 Å². The molecule has 130 valence electrons. The Morgan fingerprint density at radius 2 is 2.04 bits per heavy atom. The number of aryl methyl sites for hydroxylation is 3. The van der Waals surface area contributed by atoms with Gasteiger partial charge in [-0.15, -0.1) is 0 Å². The van der Waals surface area contributed by atoms with Gasteiger partial charge in [0.1, 0.15) is 6.54 Å². The van der Waals surface area contributed by atoms with Crippen LogP contribution < -0.4 is 16.6 Å². The molecule has 0 aliphatic heterocycles. The van der Waals surface area contributed by atoms with Crippen LogP contribution in [0.3, 0.4) is 0 Å². The summed E-state index contributed by atoms with van der Waals surface area (Å²) >= 11 is 0. The zero-order chi connectivity index (χ0) is 18.1. The van der Waals surface area contributed by atoms with Crippen molar-refractivity contribution in [1.82, 2.24) is 24.6 Å². The molecule has 1 amide bonds. The van der Waals surface area contributed by atoms with Gasteiger partial charge >= 0.3 is 5.69 Å². The monoisotopic (exact) mass is 341 g/mol. The number of nitrogens with zero attached hydrogens (tertiary/aromatic N) is 3. The molecular weight excluding hydrogens is 322 g/mol. The number of hydrogen-bond acceptors (Lipinski definition) is 4. The number of amides is 1. The lowest BCUT2D eigenvalue weighted by molar-refractivity contribution is -0.121. The van der Waals surface area contributed by atoms with E-state index >= 15 is 0 Å². The van der Waals surface area contributed by atoms with Crippen molar-refractivity contribution in [3.63, 3.8) is 0 Å². The number of hydrogen-bond donors (Lipinski definition) is 2. The van der Waals surface area contributed by atoms with E-state index in [1.165, 1.54) is 10.8 Å². The zero-order valence-electron chi connectivity index (χ0n) is 14.3. The lowest BCUT2D eigenvalue weighted by Crippen LogP contribution is -2.36. The standard InChI is InChI=1S/C17H19N5O3/c1-10-4-5-14-12(6-10)13(20-21(14)3)7-18-15(23)9-22-8-11(2)16(24)19-17(22)25/h4-6,8H,7,9H2,1-3H3,(H,18,23)(H,19,24,25). The van der Waals surface area contributed by atoms with Crippen molar-refractivity contribution in [3.8, 4) is 0 Å². The third kappa shape index (κ3) is 3.37. The summed E-state index contributed by atoms with van der Waals surface area (Å²) in [6, 6.07) is 6.03. The van der Waals surface area contributed by atoms with E-state index in [-0.39, 0.29) is 19.0 Å². The van der Waals surface area contributed by atoms with E-state index in [9.17, 15) is 14.4 Å².